The molecule has 5 rings (SSSR count). The van der Waals surface area contributed by atoms with E-state index in [0.717, 1.165) is 43.9 Å². The first-order chi connectivity index (χ1) is 15.1. The molecule has 3 N–H and O–H groups in total. The second-order valence-electron chi connectivity index (χ2n) is 7.28. The number of nitrogens with zero attached hydrogens (tertiary/aromatic N) is 3. The number of fused-ring (bicyclic) bond motifs is 1. The number of allylic oxidation sites excluding steroid dienone is 2. The number of hydrogen-bond acceptors (Lipinski definition) is 3. The van der Waals surface area contributed by atoms with Gasteiger partial charge in [-0.15, -0.1) is 0 Å². The molecule has 0 aliphatic rings. The summed E-state index contributed by atoms with van der Waals surface area (Å²) in [5.74, 6) is -0.283. The smallest absolute Gasteiger partial charge is 0.131 e. The van der Waals surface area contributed by atoms with Crippen molar-refractivity contribution in [3.8, 4) is 22.5 Å². The van der Waals surface area contributed by atoms with E-state index in [1.807, 2.05) is 37.4 Å². The van der Waals surface area contributed by atoms with E-state index in [4.69, 9.17) is 0 Å². The molecule has 0 amide bonds. The summed E-state index contributed by atoms with van der Waals surface area (Å²) in [7, 11) is 0. The van der Waals surface area contributed by atoms with Gasteiger partial charge in [-0.2, -0.15) is 10.2 Å². The van der Waals surface area contributed by atoms with Gasteiger partial charge in [0.2, 0.25) is 0 Å². The first kappa shape index (κ1) is 18.7. The standard InChI is InChI=1S/C24H19FN6/c1-14(16-10-27-28-11-16)7-8-21-15(2)24(31-30-21)22-9-18-19(12-26-13-23(18)29-22)17-5-3-4-6-20(17)25/h3-13,29-30H,2H2,1H3,(H,27,28)/b14-7+,21-8+. The molecular weight excluding hydrogens is 391 g/mol. The average molecular weight is 410 g/mol. The molecule has 0 unspecified atom stereocenters. The van der Waals surface area contributed by atoms with Crippen molar-refractivity contribution in [2.45, 2.75) is 6.92 Å². The number of hydrogen-bond donors (Lipinski definition) is 3. The highest BCUT2D eigenvalue weighted by Crippen LogP contribution is 2.31. The van der Waals surface area contributed by atoms with Crippen molar-refractivity contribution in [1.29, 1.82) is 0 Å². The van der Waals surface area contributed by atoms with Crippen LogP contribution in [0.25, 0.3) is 51.6 Å². The summed E-state index contributed by atoms with van der Waals surface area (Å²) in [5, 5.41) is 16.7. The Morgan fingerprint density at radius 1 is 1.13 bits per heavy atom. The van der Waals surface area contributed by atoms with Crippen LogP contribution in [0.2, 0.25) is 0 Å². The Labute approximate surface area is 176 Å². The molecule has 4 heterocycles. The van der Waals surface area contributed by atoms with Gasteiger partial charge in [0.05, 0.1) is 29.0 Å². The summed E-state index contributed by atoms with van der Waals surface area (Å²) in [4.78, 5) is 7.61. The van der Waals surface area contributed by atoms with Crippen LogP contribution in [0.3, 0.4) is 0 Å². The fourth-order valence-electron chi connectivity index (χ4n) is 3.58. The summed E-state index contributed by atoms with van der Waals surface area (Å²) >= 11 is 0. The van der Waals surface area contributed by atoms with Crippen molar-refractivity contribution in [3.05, 3.63) is 83.1 Å². The van der Waals surface area contributed by atoms with Crippen LogP contribution in [0.15, 0.2) is 61.2 Å². The number of aromatic nitrogens is 6. The molecule has 4 aromatic heterocycles. The van der Waals surface area contributed by atoms with Crippen molar-refractivity contribution in [2.75, 3.05) is 0 Å². The quantitative estimate of drug-likeness (QED) is 0.422. The summed E-state index contributed by atoms with van der Waals surface area (Å²) in [5.41, 5.74) is 5.62. The molecule has 0 fully saturated rings. The zero-order chi connectivity index (χ0) is 21.4. The van der Waals surface area contributed by atoms with Crippen molar-refractivity contribution in [1.82, 2.24) is 30.4 Å². The van der Waals surface area contributed by atoms with Crippen LogP contribution in [0, 0.1) is 5.82 Å². The van der Waals surface area contributed by atoms with E-state index in [0.29, 0.717) is 11.3 Å². The SMILES string of the molecule is C=c1c(-c2cc3c(-c4ccccc4F)cncc3[nH]2)n[nH]/c1=C/C=C(\C)c1cn[nH]c1. The predicted molar refractivity (Wildman–Crippen MR) is 121 cm³/mol. The number of benzene rings is 1. The molecule has 7 heteroatoms. The molecule has 0 spiro atoms. The van der Waals surface area contributed by atoms with E-state index in [9.17, 15) is 4.39 Å². The second kappa shape index (κ2) is 7.53. The molecule has 6 nitrogen and oxygen atoms in total. The van der Waals surface area contributed by atoms with Crippen LogP contribution in [0.4, 0.5) is 4.39 Å². The third-order valence-electron chi connectivity index (χ3n) is 5.32. The monoisotopic (exact) mass is 410 g/mol. The molecule has 0 aliphatic carbocycles. The maximum absolute atomic E-state index is 14.4. The maximum atomic E-state index is 14.4. The fraction of sp³-hybridized carbons (Fsp3) is 0.0417. The number of aromatic amines is 3. The van der Waals surface area contributed by atoms with Gasteiger partial charge in [-0.25, -0.2) is 4.39 Å². The first-order valence-electron chi connectivity index (χ1n) is 9.75. The van der Waals surface area contributed by atoms with Gasteiger partial charge in [0.25, 0.3) is 0 Å². The zero-order valence-corrected chi connectivity index (χ0v) is 16.8. The third kappa shape index (κ3) is 3.36. The van der Waals surface area contributed by atoms with Gasteiger partial charge in [-0.05, 0) is 30.7 Å². The minimum atomic E-state index is -0.283. The van der Waals surface area contributed by atoms with Crippen molar-refractivity contribution >= 4 is 29.1 Å². The summed E-state index contributed by atoms with van der Waals surface area (Å²) in [6.07, 6.45) is 10.9. The zero-order valence-electron chi connectivity index (χ0n) is 16.8. The highest BCUT2D eigenvalue weighted by Gasteiger charge is 2.13. The van der Waals surface area contributed by atoms with Gasteiger partial charge >= 0.3 is 0 Å². The second-order valence-corrected chi connectivity index (χ2v) is 7.28. The molecule has 31 heavy (non-hydrogen) atoms. The Morgan fingerprint density at radius 3 is 2.81 bits per heavy atom. The number of halogens is 1. The lowest BCUT2D eigenvalue weighted by molar-refractivity contribution is 0.631. The van der Waals surface area contributed by atoms with Gasteiger partial charge in [-0.1, -0.05) is 30.9 Å². The summed E-state index contributed by atoms with van der Waals surface area (Å²) in [6.45, 7) is 6.20. The van der Waals surface area contributed by atoms with E-state index in [2.05, 4.69) is 36.9 Å². The lowest BCUT2D eigenvalue weighted by atomic mass is 10.0. The summed E-state index contributed by atoms with van der Waals surface area (Å²) < 4.78 is 14.4. The topological polar surface area (TPSA) is 86.0 Å². The van der Waals surface area contributed by atoms with Crippen LogP contribution in [-0.2, 0) is 0 Å². The Kier molecular flexibility index (Phi) is 4.55. The third-order valence-corrected chi connectivity index (χ3v) is 5.32. The van der Waals surface area contributed by atoms with E-state index in [1.54, 1.807) is 30.7 Å². The average Bonchev–Trinajstić information content (AvgIpc) is 3.52. The number of rotatable bonds is 4. The molecular formula is C24H19FN6. The molecule has 1 aromatic carbocycles. The lowest BCUT2D eigenvalue weighted by Gasteiger charge is -2.03. The number of H-pyrrole nitrogens is 3. The normalized spacial score (nSPS) is 12.7. The minimum absolute atomic E-state index is 0.283. The highest BCUT2D eigenvalue weighted by atomic mass is 19.1. The van der Waals surface area contributed by atoms with Crippen LogP contribution >= 0.6 is 0 Å². The van der Waals surface area contributed by atoms with Gasteiger partial charge in [0, 0.05) is 39.7 Å². The van der Waals surface area contributed by atoms with E-state index < -0.39 is 0 Å². The Hall–Kier alpha value is -4.26. The molecule has 0 saturated carbocycles. The first-order valence-corrected chi connectivity index (χ1v) is 9.75. The number of pyridine rings is 1. The Morgan fingerprint density at radius 2 is 2.00 bits per heavy atom. The van der Waals surface area contributed by atoms with Crippen LogP contribution in [-0.4, -0.2) is 30.4 Å². The molecule has 152 valence electrons. The van der Waals surface area contributed by atoms with E-state index in [-0.39, 0.29) is 5.82 Å². The Bertz CT molecular complexity index is 1520. The van der Waals surface area contributed by atoms with Crippen LogP contribution in [0.5, 0.6) is 0 Å². The molecule has 5 aromatic rings. The van der Waals surface area contributed by atoms with E-state index in [1.165, 1.54) is 6.07 Å². The molecule has 0 aliphatic heterocycles. The molecule has 0 saturated heterocycles. The van der Waals surface area contributed by atoms with Gasteiger partial charge in [0.1, 0.15) is 11.5 Å². The van der Waals surface area contributed by atoms with Gasteiger partial charge in [0.15, 0.2) is 0 Å². The largest absolute Gasteiger partial charge is 0.352 e. The van der Waals surface area contributed by atoms with Gasteiger partial charge in [-0.3, -0.25) is 15.2 Å². The van der Waals surface area contributed by atoms with Crippen LogP contribution in [0.1, 0.15) is 12.5 Å². The lowest BCUT2D eigenvalue weighted by Crippen LogP contribution is -2.21. The molecule has 0 atom stereocenters. The molecule has 0 bridgehead atoms. The minimum Gasteiger partial charge on any atom is -0.352 e. The number of nitrogens with one attached hydrogen (secondary N) is 3. The van der Waals surface area contributed by atoms with Crippen molar-refractivity contribution in [2.24, 2.45) is 0 Å². The van der Waals surface area contributed by atoms with Crippen molar-refractivity contribution < 1.29 is 4.39 Å². The molecule has 0 radical (unpaired) electrons. The highest BCUT2D eigenvalue weighted by molar-refractivity contribution is 5.97. The van der Waals surface area contributed by atoms with E-state index >= 15 is 0 Å². The van der Waals surface area contributed by atoms with Crippen molar-refractivity contribution in [3.63, 3.8) is 0 Å². The Balaban J connectivity index is 1.58. The summed E-state index contributed by atoms with van der Waals surface area (Å²) in [6, 6.07) is 8.65. The van der Waals surface area contributed by atoms with Crippen LogP contribution < -0.4 is 10.6 Å². The predicted octanol–water partition coefficient (Wildman–Crippen LogP) is 3.78. The fourth-order valence-corrected chi connectivity index (χ4v) is 3.58. The maximum Gasteiger partial charge on any atom is 0.131 e. The van der Waals surface area contributed by atoms with Gasteiger partial charge < -0.3 is 4.98 Å².